The maximum absolute atomic E-state index is 12.9. The molecule has 150 valence electrons. The van der Waals surface area contributed by atoms with Crippen LogP contribution in [0.1, 0.15) is 32.4 Å². The van der Waals surface area contributed by atoms with Gasteiger partial charge in [-0.15, -0.1) is 11.3 Å². The van der Waals surface area contributed by atoms with Crippen molar-refractivity contribution in [2.24, 2.45) is 0 Å². The van der Waals surface area contributed by atoms with E-state index in [1.807, 2.05) is 43.5 Å². The second-order valence-corrected chi connectivity index (χ2v) is 9.74. The number of nitrogens with zero attached hydrogens (tertiary/aromatic N) is 3. The van der Waals surface area contributed by atoms with Crippen LogP contribution in [0.25, 0.3) is 11.1 Å². The highest BCUT2D eigenvalue weighted by atomic mass is 32.2. The summed E-state index contributed by atoms with van der Waals surface area (Å²) in [4.78, 5) is 25.4. The van der Waals surface area contributed by atoms with Crippen LogP contribution < -0.4 is 10.0 Å². The molecule has 1 amide bonds. The summed E-state index contributed by atoms with van der Waals surface area (Å²) in [6.07, 6.45) is 6.95. The fraction of sp³-hybridized carbons (Fsp3) is 0.300. The zero-order valence-corrected chi connectivity index (χ0v) is 17.7. The van der Waals surface area contributed by atoms with Crippen molar-refractivity contribution in [1.29, 1.82) is 0 Å². The van der Waals surface area contributed by atoms with Gasteiger partial charge in [-0.3, -0.25) is 9.52 Å². The zero-order chi connectivity index (χ0) is 20.4. The first-order chi connectivity index (χ1) is 13.9. The molecule has 9 heteroatoms. The lowest BCUT2D eigenvalue weighted by molar-refractivity contribution is -0.120. The Hall–Kier alpha value is -2.65. The third-order valence-electron chi connectivity index (χ3n) is 4.76. The average Bonchev–Trinajstić information content (AvgIpc) is 3.48. The van der Waals surface area contributed by atoms with Gasteiger partial charge in [0.1, 0.15) is 17.3 Å². The molecule has 0 aliphatic heterocycles. The Morgan fingerprint density at radius 2 is 1.83 bits per heavy atom. The molecule has 2 N–H and O–H groups in total. The molecule has 1 aliphatic rings. The number of hydrogen-bond acceptors (Lipinski definition) is 6. The lowest BCUT2D eigenvalue weighted by atomic mass is 9.89. The monoisotopic (exact) mass is 427 g/mol. The van der Waals surface area contributed by atoms with E-state index in [-0.39, 0.29) is 11.2 Å². The van der Waals surface area contributed by atoms with E-state index in [1.165, 1.54) is 17.7 Å². The normalized spacial score (nSPS) is 15.0. The van der Waals surface area contributed by atoms with Crippen LogP contribution in [-0.2, 0) is 21.2 Å². The van der Waals surface area contributed by atoms with Gasteiger partial charge < -0.3 is 5.32 Å². The topological polar surface area (TPSA) is 96.9 Å². The molecule has 0 bridgehead atoms. The van der Waals surface area contributed by atoms with Crippen molar-refractivity contribution in [2.75, 3.05) is 10.0 Å². The maximum atomic E-state index is 12.9. The van der Waals surface area contributed by atoms with Gasteiger partial charge in [0.15, 0.2) is 5.13 Å². The number of rotatable bonds is 7. The number of aromatic nitrogens is 3. The molecule has 0 spiro atoms. The Labute approximate surface area is 175 Å². The van der Waals surface area contributed by atoms with Crippen molar-refractivity contribution in [2.45, 2.75) is 37.4 Å². The van der Waals surface area contributed by atoms with Gasteiger partial charge in [-0.1, -0.05) is 12.1 Å². The van der Waals surface area contributed by atoms with Gasteiger partial charge in [0.2, 0.25) is 5.91 Å². The average molecular weight is 428 g/mol. The van der Waals surface area contributed by atoms with Crippen LogP contribution in [0.4, 0.5) is 10.8 Å². The van der Waals surface area contributed by atoms with Gasteiger partial charge >= 0.3 is 0 Å². The minimum absolute atomic E-state index is 0.159. The largest absolute Gasteiger partial charge is 0.325 e. The number of amides is 1. The molecule has 1 atom stereocenters. The van der Waals surface area contributed by atoms with Gasteiger partial charge in [-0.2, -0.15) is 0 Å². The number of anilines is 2. The fourth-order valence-corrected chi connectivity index (χ4v) is 4.77. The van der Waals surface area contributed by atoms with Gasteiger partial charge in [-0.25, -0.2) is 19.2 Å². The number of nitrogens with one attached hydrogen (secondary N) is 2. The standard InChI is InChI=1S/C20H21N5O2S2/c1-20(2,17-11-28-19(24-17)25-29(27)16-7-8-16)18(26)23-15-5-3-13(4-6-15)14-9-21-12-22-10-14/h3-6,9-12,16H,7-8H2,1-2H3,(H,23,26)(H,24,25). The molecule has 0 saturated heterocycles. The van der Waals surface area contributed by atoms with Crippen LogP contribution in [-0.4, -0.2) is 30.3 Å². The minimum atomic E-state index is -1.10. The molecule has 3 aromatic rings. The summed E-state index contributed by atoms with van der Waals surface area (Å²) in [6, 6.07) is 7.53. The highest BCUT2D eigenvalue weighted by Gasteiger charge is 2.33. The van der Waals surface area contributed by atoms with Crippen LogP contribution in [0, 0.1) is 0 Å². The van der Waals surface area contributed by atoms with E-state index < -0.39 is 16.4 Å². The number of hydrogen-bond donors (Lipinski definition) is 2. The van der Waals surface area contributed by atoms with Gasteiger partial charge in [0, 0.05) is 29.0 Å². The van der Waals surface area contributed by atoms with E-state index in [1.54, 1.807) is 12.4 Å². The Balaban J connectivity index is 1.43. The number of carbonyl (C=O) groups is 1. The third kappa shape index (κ3) is 4.51. The molecule has 1 saturated carbocycles. The zero-order valence-electron chi connectivity index (χ0n) is 16.1. The summed E-state index contributed by atoms with van der Waals surface area (Å²) in [7, 11) is -1.10. The van der Waals surface area contributed by atoms with E-state index >= 15 is 0 Å². The van der Waals surface area contributed by atoms with Gasteiger partial charge in [0.25, 0.3) is 0 Å². The molecule has 1 unspecified atom stereocenters. The first-order valence-corrected chi connectivity index (χ1v) is 11.3. The molecular formula is C20H21N5O2S2. The second-order valence-electron chi connectivity index (χ2n) is 7.42. The van der Waals surface area contributed by atoms with Crippen molar-refractivity contribution < 1.29 is 9.00 Å². The van der Waals surface area contributed by atoms with Crippen molar-refractivity contribution in [3.8, 4) is 11.1 Å². The van der Waals surface area contributed by atoms with Crippen molar-refractivity contribution in [3.63, 3.8) is 0 Å². The number of carbonyl (C=O) groups excluding carboxylic acids is 1. The second kappa shape index (κ2) is 8.00. The fourth-order valence-electron chi connectivity index (χ4n) is 2.66. The first-order valence-electron chi connectivity index (χ1n) is 9.23. The lowest BCUT2D eigenvalue weighted by Crippen LogP contribution is -2.35. The molecule has 2 aromatic heterocycles. The molecule has 4 rings (SSSR count). The van der Waals surface area contributed by atoms with Gasteiger partial charge in [0.05, 0.1) is 16.4 Å². The molecule has 1 aliphatic carbocycles. The third-order valence-corrected chi connectivity index (χ3v) is 7.12. The highest BCUT2D eigenvalue weighted by molar-refractivity contribution is 7.87. The van der Waals surface area contributed by atoms with Crippen molar-refractivity contribution in [1.82, 2.24) is 15.0 Å². The smallest absolute Gasteiger partial charge is 0.236 e. The van der Waals surface area contributed by atoms with E-state index in [0.717, 1.165) is 24.0 Å². The molecule has 0 radical (unpaired) electrons. The summed E-state index contributed by atoms with van der Waals surface area (Å²) >= 11 is 1.37. The molecule has 2 heterocycles. The van der Waals surface area contributed by atoms with Crippen LogP contribution in [0.2, 0.25) is 0 Å². The molecule has 7 nitrogen and oxygen atoms in total. The quantitative estimate of drug-likeness (QED) is 0.598. The summed E-state index contributed by atoms with van der Waals surface area (Å²) in [6.45, 7) is 3.66. The van der Waals surface area contributed by atoms with E-state index in [9.17, 15) is 9.00 Å². The SMILES string of the molecule is CC(C)(C(=O)Nc1ccc(-c2cncnc2)cc1)c1csc(NS(=O)C2CC2)n1. The first kappa shape index (κ1) is 19.7. The highest BCUT2D eigenvalue weighted by Crippen LogP contribution is 2.31. The van der Waals surface area contributed by atoms with Crippen molar-refractivity contribution in [3.05, 3.63) is 54.1 Å². The van der Waals surface area contributed by atoms with Crippen LogP contribution in [0.5, 0.6) is 0 Å². The Kier molecular flexibility index (Phi) is 5.42. The number of thiazole rings is 1. The maximum Gasteiger partial charge on any atom is 0.236 e. The molecular weight excluding hydrogens is 406 g/mol. The molecule has 29 heavy (non-hydrogen) atoms. The summed E-state index contributed by atoms with van der Waals surface area (Å²) < 4.78 is 15.0. The van der Waals surface area contributed by atoms with Gasteiger partial charge in [-0.05, 0) is 44.4 Å². The summed E-state index contributed by atoms with van der Waals surface area (Å²) in [5.74, 6) is -0.159. The number of benzene rings is 1. The molecule has 1 fully saturated rings. The van der Waals surface area contributed by atoms with Crippen LogP contribution in [0.15, 0.2) is 48.4 Å². The molecule has 1 aromatic carbocycles. The van der Waals surface area contributed by atoms with E-state index in [4.69, 9.17) is 0 Å². The van der Waals surface area contributed by atoms with Crippen molar-refractivity contribution >= 4 is 39.0 Å². The Morgan fingerprint density at radius 1 is 1.14 bits per heavy atom. The summed E-state index contributed by atoms with van der Waals surface area (Å²) in [5, 5.41) is 5.60. The Bertz CT molecular complexity index is 1030. The van der Waals surface area contributed by atoms with Crippen LogP contribution >= 0.6 is 11.3 Å². The summed E-state index contributed by atoms with van der Waals surface area (Å²) in [5.41, 5.74) is 2.41. The predicted octanol–water partition coefficient (Wildman–Crippen LogP) is 3.75. The minimum Gasteiger partial charge on any atom is -0.325 e. The van der Waals surface area contributed by atoms with E-state index in [2.05, 4.69) is 25.0 Å². The Morgan fingerprint density at radius 3 is 2.48 bits per heavy atom. The predicted molar refractivity (Wildman–Crippen MR) is 116 cm³/mol. The lowest BCUT2D eigenvalue weighted by Gasteiger charge is -2.21. The van der Waals surface area contributed by atoms with Crippen LogP contribution in [0.3, 0.4) is 0 Å². The van der Waals surface area contributed by atoms with E-state index in [0.29, 0.717) is 16.5 Å².